The Morgan fingerprint density at radius 3 is 2.50 bits per heavy atom. The number of nitrogens with zero attached hydrogens (tertiary/aromatic N) is 3. The smallest absolute Gasteiger partial charge is 0.382 e. The molecule has 2 aromatic rings. The van der Waals surface area contributed by atoms with Gasteiger partial charge in [0.25, 0.3) is 6.43 Å². The van der Waals surface area contributed by atoms with Crippen LogP contribution in [0.2, 0.25) is 0 Å². The van der Waals surface area contributed by atoms with Crippen molar-refractivity contribution in [1.82, 2.24) is 15.1 Å². The second kappa shape index (κ2) is 11.0. The molecule has 4 N–H and O–H groups in total. The SMILES string of the molecule is CCC(CN1CCCC1=O)C1NC(c2ccc([C@@](C)(O)c3cccc(C(F)(F)F)c3)cc2C(F)F)=C2C(N)=NC=CN21. The van der Waals surface area contributed by atoms with E-state index in [0.717, 1.165) is 30.7 Å². The molecule has 1 fully saturated rings. The van der Waals surface area contributed by atoms with E-state index in [4.69, 9.17) is 5.73 Å². The lowest BCUT2D eigenvalue weighted by Gasteiger charge is -2.34. The van der Waals surface area contributed by atoms with E-state index in [1.54, 1.807) is 6.20 Å². The first-order chi connectivity index (χ1) is 19.8. The van der Waals surface area contributed by atoms with Crippen LogP contribution in [0.15, 0.2) is 65.6 Å². The molecule has 42 heavy (non-hydrogen) atoms. The van der Waals surface area contributed by atoms with Crippen molar-refractivity contribution in [3.05, 3.63) is 88.4 Å². The number of nitrogens with two attached hydrogens (primary N) is 1. The van der Waals surface area contributed by atoms with Crippen LogP contribution in [0.4, 0.5) is 22.0 Å². The van der Waals surface area contributed by atoms with Gasteiger partial charge in [-0.3, -0.25) is 4.79 Å². The molecular formula is C30H32F5N5O2. The van der Waals surface area contributed by atoms with E-state index in [2.05, 4.69) is 10.3 Å². The van der Waals surface area contributed by atoms with Gasteiger partial charge in [0.1, 0.15) is 23.3 Å². The predicted octanol–water partition coefficient (Wildman–Crippen LogP) is 5.29. The van der Waals surface area contributed by atoms with Gasteiger partial charge in [0.05, 0.1) is 11.3 Å². The molecule has 3 aliphatic rings. The maximum absolute atomic E-state index is 14.6. The highest BCUT2D eigenvalue weighted by molar-refractivity contribution is 6.05. The number of fused-ring (bicyclic) bond motifs is 1. The van der Waals surface area contributed by atoms with Gasteiger partial charge >= 0.3 is 6.18 Å². The fourth-order valence-corrected chi connectivity index (χ4v) is 5.85. The molecule has 0 aromatic heterocycles. The van der Waals surface area contributed by atoms with Gasteiger partial charge in [-0.15, -0.1) is 0 Å². The molecular weight excluding hydrogens is 557 g/mol. The Morgan fingerprint density at radius 1 is 1.14 bits per heavy atom. The van der Waals surface area contributed by atoms with Gasteiger partial charge in [-0.25, -0.2) is 13.8 Å². The third kappa shape index (κ3) is 5.35. The highest BCUT2D eigenvalue weighted by Gasteiger charge is 2.41. The second-order valence-corrected chi connectivity index (χ2v) is 10.9. The predicted molar refractivity (Wildman–Crippen MR) is 148 cm³/mol. The summed E-state index contributed by atoms with van der Waals surface area (Å²) in [4.78, 5) is 20.2. The number of amidine groups is 1. The van der Waals surface area contributed by atoms with Gasteiger partial charge in [-0.1, -0.05) is 31.2 Å². The lowest BCUT2D eigenvalue weighted by molar-refractivity contribution is -0.137. The molecule has 12 heteroatoms. The maximum atomic E-state index is 14.6. The minimum atomic E-state index is -4.64. The summed E-state index contributed by atoms with van der Waals surface area (Å²) in [5, 5.41) is 14.7. The highest BCUT2D eigenvalue weighted by Crippen LogP contribution is 2.41. The third-order valence-electron chi connectivity index (χ3n) is 8.24. The van der Waals surface area contributed by atoms with Crippen LogP contribution in [0.5, 0.6) is 0 Å². The van der Waals surface area contributed by atoms with Crippen molar-refractivity contribution in [2.24, 2.45) is 16.6 Å². The van der Waals surface area contributed by atoms with Crippen LogP contribution in [-0.4, -0.2) is 45.9 Å². The summed E-state index contributed by atoms with van der Waals surface area (Å²) < 4.78 is 69.2. The first kappa shape index (κ1) is 29.6. The molecule has 1 amide bonds. The second-order valence-electron chi connectivity index (χ2n) is 10.9. The molecule has 2 unspecified atom stereocenters. The van der Waals surface area contributed by atoms with Crippen LogP contribution in [0.1, 0.15) is 67.4 Å². The number of benzene rings is 2. The number of aliphatic hydroxyl groups is 1. The highest BCUT2D eigenvalue weighted by atomic mass is 19.4. The summed E-state index contributed by atoms with van der Waals surface area (Å²) in [5.74, 6) is 0.124. The zero-order valence-corrected chi connectivity index (χ0v) is 23.1. The van der Waals surface area contributed by atoms with E-state index >= 15 is 0 Å². The normalized spacial score (nSPS) is 21.0. The topological polar surface area (TPSA) is 94.2 Å². The number of likely N-dealkylation sites (tertiary alicyclic amines) is 1. The van der Waals surface area contributed by atoms with Gasteiger partial charge in [0, 0.05) is 49.0 Å². The molecule has 5 rings (SSSR count). The van der Waals surface area contributed by atoms with Crippen molar-refractivity contribution in [2.45, 2.75) is 57.5 Å². The Balaban J connectivity index is 1.53. The third-order valence-corrected chi connectivity index (χ3v) is 8.24. The molecule has 0 bridgehead atoms. The molecule has 0 saturated carbocycles. The maximum Gasteiger partial charge on any atom is 0.416 e. The minimum Gasteiger partial charge on any atom is -0.382 e. The van der Waals surface area contributed by atoms with Gasteiger partial charge in [0.15, 0.2) is 0 Å². The fraction of sp³-hybridized carbons (Fsp3) is 0.400. The van der Waals surface area contributed by atoms with Gasteiger partial charge in [0.2, 0.25) is 5.91 Å². The molecule has 224 valence electrons. The van der Waals surface area contributed by atoms with E-state index in [1.807, 2.05) is 16.7 Å². The molecule has 1 saturated heterocycles. The van der Waals surface area contributed by atoms with Crippen molar-refractivity contribution in [2.75, 3.05) is 13.1 Å². The van der Waals surface area contributed by atoms with Gasteiger partial charge < -0.3 is 26.0 Å². The lowest BCUT2D eigenvalue weighted by Crippen LogP contribution is -2.47. The number of carbonyl (C=O) groups excluding carboxylic acids is 1. The Kier molecular flexibility index (Phi) is 7.78. The fourth-order valence-electron chi connectivity index (χ4n) is 5.85. The summed E-state index contributed by atoms with van der Waals surface area (Å²) >= 11 is 0. The molecule has 7 nitrogen and oxygen atoms in total. The first-order valence-electron chi connectivity index (χ1n) is 13.7. The van der Waals surface area contributed by atoms with Crippen LogP contribution >= 0.6 is 0 Å². The molecule has 3 heterocycles. The van der Waals surface area contributed by atoms with Gasteiger partial charge in [-0.2, -0.15) is 13.2 Å². The Hall–Kier alpha value is -3.93. The Morgan fingerprint density at radius 2 is 1.86 bits per heavy atom. The lowest BCUT2D eigenvalue weighted by atomic mass is 9.85. The van der Waals surface area contributed by atoms with Crippen molar-refractivity contribution in [1.29, 1.82) is 0 Å². The van der Waals surface area contributed by atoms with E-state index in [1.165, 1.54) is 31.3 Å². The average molecular weight is 590 g/mol. The number of alkyl halides is 5. The van der Waals surface area contributed by atoms with E-state index < -0.39 is 35.5 Å². The number of carbonyl (C=O) groups is 1. The molecule has 0 radical (unpaired) electrons. The molecule has 2 aromatic carbocycles. The standard InChI is InChI=1S/C30H32F5N5O2/c1-3-17(16-39-12-5-8-23(39)41)28-38-24(25-27(36)37-11-13-40(25)28)21-10-9-19(15-22(21)26(31)32)29(2,42)18-6-4-7-20(14-18)30(33,34)35/h4,6-7,9-11,13-15,17,26,28,38,42H,3,5,8,12,16H2,1-2H3,(H2,36,37)/t17?,28?,29-/m0/s1. The van der Waals surface area contributed by atoms with E-state index in [-0.39, 0.29) is 34.4 Å². The van der Waals surface area contributed by atoms with E-state index in [0.29, 0.717) is 37.3 Å². The molecule has 0 spiro atoms. The molecule has 3 aliphatic heterocycles. The largest absolute Gasteiger partial charge is 0.416 e. The molecule has 0 aliphatic carbocycles. The van der Waals surface area contributed by atoms with Crippen molar-refractivity contribution in [3.8, 4) is 0 Å². The van der Waals surface area contributed by atoms with Crippen LogP contribution in [0.25, 0.3) is 5.70 Å². The van der Waals surface area contributed by atoms with Crippen LogP contribution in [0, 0.1) is 5.92 Å². The number of halogens is 5. The number of rotatable bonds is 8. The number of aliphatic imine (C=N–C) groups is 1. The van der Waals surface area contributed by atoms with Gasteiger partial charge in [-0.05, 0) is 49.1 Å². The van der Waals surface area contributed by atoms with E-state index in [9.17, 15) is 31.9 Å². The van der Waals surface area contributed by atoms with Crippen LogP contribution < -0.4 is 11.1 Å². The summed E-state index contributed by atoms with van der Waals surface area (Å²) in [5.41, 5.74) is 3.64. The zero-order valence-electron chi connectivity index (χ0n) is 23.1. The van der Waals surface area contributed by atoms with Crippen molar-refractivity contribution in [3.63, 3.8) is 0 Å². The van der Waals surface area contributed by atoms with Crippen molar-refractivity contribution < 1.29 is 31.9 Å². The number of nitrogens with one attached hydrogen (secondary N) is 1. The zero-order chi connectivity index (χ0) is 30.4. The summed E-state index contributed by atoms with van der Waals surface area (Å²) in [6.07, 6.45) is -2.82. The minimum absolute atomic E-state index is 0.00189. The van der Waals surface area contributed by atoms with Crippen LogP contribution in [-0.2, 0) is 16.6 Å². The summed E-state index contributed by atoms with van der Waals surface area (Å²) in [6.45, 7) is 4.40. The number of hydrogen-bond donors (Lipinski definition) is 3. The average Bonchev–Trinajstić information content (AvgIpc) is 3.54. The number of hydrogen-bond acceptors (Lipinski definition) is 6. The Bertz CT molecular complexity index is 1470. The summed E-state index contributed by atoms with van der Waals surface area (Å²) in [6, 6.07) is 8.10. The first-order valence-corrected chi connectivity index (χ1v) is 13.7. The van der Waals surface area contributed by atoms with Crippen molar-refractivity contribution >= 4 is 17.4 Å². The molecule has 3 atom stereocenters. The van der Waals surface area contributed by atoms with Crippen LogP contribution in [0.3, 0.4) is 0 Å². The number of amides is 1. The monoisotopic (exact) mass is 589 g/mol. The Labute approximate surface area is 240 Å². The quantitative estimate of drug-likeness (QED) is 0.364. The summed E-state index contributed by atoms with van der Waals surface area (Å²) in [7, 11) is 0.